The number of carbonyl (C=O) groups excluding carboxylic acids is 3. The fourth-order valence-electron chi connectivity index (χ4n) is 9.43. The van der Waals surface area contributed by atoms with Gasteiger partial charge in [-0.05, 0) is 116 Å². The summed E-state index contributed by atoms with van der Waals surface area (Å²) in [6.45, 7) is 6.43. The maximum absolute atomic E-state index is 12.9. The first-order valence-corrected chi connectivity index (χ1v) is 33.9. The standard InChI is InChI=1S/C74H126O6/c1-4-7-10-13-16-19-22-24-26-28-30-32-34-35-36-37-38-39-41-42-44-46-48-50-52-55-58-61-64-67-73(76)79-70-71(69-78-72(75)66-63-60-57-54-21-18-15-12-9-6-3)80-74(77)68-65-62-59-56-53-51-49-47-45-43-40-33-31-29-27-25-23-20-17-14-11-8-5-2/h8,11-12,15,17,20,25,27-28,30-31,33,43,45,49,51,56,59,71H,4-7,9-10,13-14,16,18-19,21-24,26,29,32,34-42,44,46-48,50,52-55,57-58,60-70H2,1-3H3/b11-8-,15-12-,20-17-,27-25-,30-28-,33-31-,45-43-,51-49-,59-56-. The van der Waals surface area contributed by atoms with Crippen molar-refractivity contribution in [2.75, 3.05) is 13.2 Å². The Hall–Kier alpha value is -3.93. The third-order valence-corrected chi connectivity index (χ3v) is 14.5. The molecule has 6 heteroatoms. The summed E-state index contributed by atoms with van der Waals surface area (Å²) in [5, 5.41) is 0. The number of ether oxygens (including phenoxy) is 3. The van der Waals surface area contributed by atoms with Gasteiger partial charge in [0.05, 0.1) is 0 Å². The second-order valence-electron chi connectivity index (χ2n) is 22.3. The van der Waals surface area contributed by atoms with Crippen LogP contribution in [0.2, 0.25) is 0 Å². The van der Waals surface area contributed by atoms with E-state index in [-0.39, 0.29) is 37.5 Å². The van der Waals surface area contributed by atoms with Gasteiger partial charge in [0.2, 0.25) is 0 Å². The number of unbranched alkanes of at least 4 members (excludes halogenated alkanes) is 32. The highest BCUT2D eigenvalue weighted by Crippen LogP contribution is 2.17. The lowest BCUT2D eigenvalue weighted by Gasteiger charge is -2.18. The molecule has 0 aromatic rings. The minimum absolute atomic E-state index is 0.103. The Morgan fingerprint density at radius 3 is 0.863 bits per heavy atom. The highest BCUT2D eigenvalue weighted by Gasteiger charge is 2.19. The molecule has 6 nitrogen and oxygen atoms in total. The molecule has 0 spiro atoms. The van der Waals surface area contributed by atoms with Crippen molar-refractivity contribution in [3.63, 3.8) is 0 Å². The van der Waals surface area contributed by atoms with E-state index in [1.165, 1.54) is 167 Å². The molecule has 0 bridgehead atoms. The normalized spacial score (nSPS) is 12.8. The third-order valence-electron chi connectivity index (χ3n) is 14.5. The fraction of sp³-hybridized carbons (Fsp3) is 0.716. The Morgan fingerprint density at radius 2 is 0.525 bits per heavy atom. The van der Waals surface area contributed by atoms with E-state index in [0.717, 1.165) is 109 Å². The topological polar surface area (TPSA) is 78.9 Å². The smallest absolute Gasteiger partial charge is 0.306 e. The minimum Gasteiger partial charge on any atom is -0.462 e. The lowest BCUT2D eigenvalue weighted by Crippen LogP contribution is -2.30. The van der Waals surface area contributed by atoms with Crippen LogP contribution in [0.3, 0.4) is 0 Å². The van der Waals surface area contributed by atoms with Crippen molar-refractivity contribution in [3.8, 4) is 0 Å². The molecule has 1 unspecified atom stereocenters. The first-order valence-electron chi connectivity index (χ1n) is 33.9. The summed E-state index contributed by atoms with van der Waals surface area (Å²) in [6.07, 6.45) is 92.8. The Labute approximate surface area is 495 Å². The van der Waals surface area contributed by atoms with Gasteiger partial charge in [0.25, 0.3) is 0 Å². The molecule has 0 aromatic heterocycles. The van der Waals surface area contributed by atoms with E-state index in [2.05, 4.69) is 130 Å². The zero-order chi connectivity index (χ0) is 57.8. The number of rotatable bonds is 61. The van der Waals surface area contributed by atoms with Crippen LogP contribution in [0.5, 0.6) is 0 Å². The minimum atomic E-state index is -0.813. The van der Waals surface area contributed by atoms with E-state index in [0.29, 0.717) is 19.3 Å². The van der Waals surface area contributed by atoms with Gasteiger partial charge in [-0.2, -0.15) is 0 Å². The third kappa shape index (κ3) is 64.9. The monoisotopic (exact) mass is 1110 g/mol. The van der Waals surface area contributed by atoms with E-state index in [4.69, 9.17) is 14.2 Å². The zero-order valence-corrected chi connectivity index (χ0v) is 52.6. The predicted molar refractivity (Wildman–Crippen MR) is 348 cm³/mol. The maximum atomic E-state index is 12.9. The van der Waals surface area contributed by atoms with Crippen LogP contribution in [-0.2, 0) is 28.6 Å². The van der Waals surface area contributed by atoms with Crippen molar-refractivity contribution in [2.45, 2.75) is 329 Å². The van der Waals surface area contributed by atoms with Crippen LogP contribution >= 0.6 is 0 Å². The summed E-state index contributed by atoms with van der Waals surface area (Å²) >= 11 is 0. The Balaban J connectivity index is 4.26. The largest absolute Gasteiger partial charge is 0.462 e. The van der Waals surface area contributed by atoms with Crippen LogP contribution in [0.15, 0.2) is 109 Å². The van der Waals surface area contributed by atoms with Crippen molar-refractivity contribution in [1.29, 1.82) is 0 Å². The summed E-state index contributed by atoms with van der Waals surface area (Å²) in [4.78, 5) is 38.2. The fourth-order valence-corrected chi connectivity index (χ4v) is 9.43. The Kier molecular flexibility index (Phi) is 64.3. The van der Waals surface area contributed by atoms with Gasteiger partial charge >= 0.3 is 17.9 Å². The summed E-state index contributed by atoms with van der Waals surface area (Å²) in [5.74, 6) is -0.967. The number of allylic oxidation sites excluding steroid dienone is 18. The second-order valence-corrected chi connectivity index (χ2v) is 22.3. The molecule has 0 amide bonds. The van der Waals surface area contributed by atoms with Crippen molar-refractivity contribution < 1.29 is 28.6 Å². The molecule has 1 atom stereocenters. The van der Waals surface area contributed by atoms with E-state index in [9.17, 15) is 14.4 Å². The van der Waals surface area contributed by atoms with Crippen molar-refractivity contribution in [1.82, 2.24) is 0 Å². The van der Waals surface area contributed by atoms with Crippen LogP contribution in [0, 0.1) is 0 Å². The summed E-state index contributed by atoms with van der Waals surface area (Å²) in [5.41, 5.74) is 0. The highest BCUT2D eigenvalue weighted by atomic mass is 16.6. The average molecular weight is 1110 g/mol. The molecule has 0 heterocycles. The Morgan fingerprint density at radius 1 is 0.263 bits per heavy atom. The van der Waals surface area contributed by atoms with Crippen LogP contribution < -0.4 is 0 Å². The molecule has 0 aromatic carbocycles. The van der Waals surface area contributed by atoms with Crippen molar-refractivity contribution in [2.24, 2.45) is 0 Å². The molecule has 0 aliphatic rings. The van der Waals surface area contributed by atoms with Gasteiger partial charge in [0.15, 0.2) is 6.10 Å². The molecule has 0 aliphatic carbocycles. The number of carbonyl (C=O) groups is 3. The van der Waals surface area contributed by atoms with Gasteiger partial charge in [-0.15, -0.1) is 0 Å². The van der Waals surface area contributed by atoms with Crippen LogP contribution in [-0.4, -0.2) is 37.2 Å². The van der Waals surface area contributed by atoms with E-state index in [1.807, 2.05) is 0 Å². The van der Waals surface area contributed by atoms with E-state index < -0.39 is 6.10 Å². The van der Waals surface area contributed by atoms with Crippen LogP contribution in [0.1, 0.15) is 323 Å². The molecule has 0 saturated carbocycles. The lowest BCUT2D eigenvalue weighted by molar-refractivity contribution is -0.167. The molecule has 0 N–H and O–H groups in total. The number of hydrogen-bond acceptors (Lipinski definition) is 6. The second kappa shape index (κ2) is 67.6. The molecular weight excluding hydrogens is 985 g/mol. The van der Waals surface area contributed by atoms with Gasteiger partial charge in [-0.1, -0.05) is 297 Å². The van der Waals surface area contributed by atoms with Gasteiger partial charge < -0.3 is 14.2 Å². The highest BCUT2D eigenvalue weighted by molar-refractivity contribution is 5.71. The van der Waals surface area contributed by atoms with Crippen molar-refractivity contribution >= 4 is 17.9 Å². The van der Waals surface area contributed by atoms with Gasteiger partial charge in [0.1, 0.15) is 13.2 Å². The molecule has 0 aliphatic heterocycles. The van der Waals surface area contributed by atoms with Gasteiger partial charge in [-0.25, -0.2) is 0 Å². The van der Waals surface area contributed by atoms with Gasteiger partial charge in [0, 0.05) is 19.3 Å². The van der Waals surface area contributed by atoms with Crippen LogP contribution in [0.4, 0.5) is 0 Å². The summed E-state index contributed by atoms with van der Waals surface area (Å²) in [6, 6.07) is 0. The van der Waals surface area contributed by atoms with Crippen LogP contribution in [0.25, 0.3) is 0 Å². The zero-order valence-electron chi connectivity index (χ0n) is 52.6. The molecule has 0 fully saturated rings. The maximum Gasteiger partial charge on any atom is 0.306 e. The lowest BCUT2D eigenvalue weighted by atomic mass is 10.0. The average Bonchev–Trinajstić information content (AvgIpc) is 3.46. The summed E-state index contributed by atoms with van der Waals surface area (Å²) < 4.78 is 16.8. The van der Waals surface area contributed by atoms with Crippen molar-refractivity contribution in [3.05, 3.63) is 109 Å². The molecule has 0 saturated heterocycles. The molecule has 0 rings (SSSR count). The molecule has 0 radical (unpaired) electrons. The number of hydrogen-bond donors (Lipinski definition) is 0. The molecular formula is C74H126O6. The van der Waals surface area contributed by atoms with E-state index >= 15 is 0 Å². The molecule has 80 heavy (non-hydrogen) atoms. The van der Waals surface area contributed by atoms with E-state index in [1.54, 1.807) is 0 Å². The summed E-state index contributed by atoms with van der Waals surface area (Å²) in [7, 11) is 0. The quantitative estimate of drug-likeness (QED) is 0.0261. The molecule has 458 valence electrons. The van der Waals surface area contributed by atoms with Gasteiger partial charge in [-0.3, -0.25) is 14.4 Å². The first-order chi connectivity index (χ1) is 39.5. The Bertz CT molecular complexity index is 1610. The predicted octanol–water partition coefficient (Wildman–Crippen LogP) is 23.4. The first kappa shape index (κ1) is 76.1. The number of esters is 3. The SMILES string of the molecule is CC/C=C\C/C=C\C/C=C\C/C=C\C/C=C\C/C=C\C/C=C\CCCC(=O)OC(COC(=O)CCCCCCC/C=C\CCC)COC(=O)CCCCCCCCCCCCCCCCCCC/C=C\CCCCCCCCCC.